The lowest BCUT2D eigenvalue weighted by Gasteiger charge is -2.17. The third-order valence-electron chi connectivity index (χ3n) is 3.48. The Kier molecular flexibility index (Phi) is 6.39. The average Bonchev–Trinajstić information content (AvgIpc) is 2.55. The molecule has 0 fully saturated rings. The fourth-order valence-corrected chi connectivity index (χ4v) is 3.32. The topological polar surface area (TPSA) is 83.6 Å². The number of carbonyl (C=O) groups excluding carboxylic acids is 2. The molecule has 26 heavy (non-hydrogen) atoms. The zero-order chi connectivity index (χ0) is 19.3. The minimum Gasteiger partial charge on any atom is -0.332 e. The number of nitrogens with one attached hydrogen (secondary N) is 1. The van der Waals surface area contributed by atoms with Gasteiger partial charge < -0.3 is 10.2 Å². The highest BCUT2D eigenvalue weighted by Gasteiger charge is 2.16. The first kappa shape index (κ1) is 19.9. The molecule has 2 amide bonds. The van der Waals surface area contributed by atoms with Gasteiger partial charge in [-0.1, -0.05) is 35.9 Å². The molecule has 1 N–H and O–H groups in total. The fraction of sp³-hybridized carbons (Fsp3) is 0.222. The Balaban J connectivity index is 2.04. The van der Waals surface area contributed by atoms with Crippen LogP contribution in [0.2, 0.25) is 5.02 Å². The molecule has 2 aromatic rings. The van der Waals surface area contributed by atoms with E-state index in [0.717, 1.165) is 6.26 Å². The second-order valence-corrected chi connectivity index (χ2v) is 8.51. The summed E-state index contributed by atoms with van der Waals surface area (Å²) >= 11 is 5.99. The predicted octanol–water partition coefficient (Wildman–Crippen LogP) is 2.60. The molecule has 0 spiro atoms. The first-order chi connectivity index (χ1) is 12.2. The normalized spacial score (nSPS) is 11.0. The van der Waals surface area contributed by atoms with E-state index in [-0.39, 0.29) is 24.1 Å². The average molecular weight is 395 g/mol. The third kappa shape index (κ3) is 5.86. The van der Waals surface area contributed by atoms with Gasteiger partial charge in [0.25, 0.3) is 5.91 Å². The van der Waals surface area contributed by atoms with Crippen molar-refractivity contribution in [3.63, 3.8) is 0 Å². The molecule has 0 heterocycles. The van der Waals surface area contributed by atoms with Crippen LogP contribution in [0.15, 0.2) is 48.5 Å². The van der Waals surface area contributed by atoms with Crippen LogP contribution in [0.3, 0.4) is 0 Å². The maximum absolute atomic E-state index is 12.5. The summed E-state index contributed by atoms with van der Waals surface area (Å²) in [4.78, 5) is 25.9. The smallest absolute Gasteiger partial charge is 0.254 e. The number of benzene rings is 2. The fourth-order valence-electron chi connectivity index (χ4n) is 2.36. The van der Waals surface area contributed by atoms with Crippen molar-refractivity contribution >= 4 is 38.9 Å². The molecule has 0 aromatic heterocycles. The minimum absolute atomic E-state index is 0.148. The number of halogens is 1. The number of amides is 2. The van der Waals surface area contributed by atoms with Gasteiger partial charge >= 0.3 is 0 Å². The highest BCUT2D eigenvalue weighted by Crippen LogP contribution is 2.20. The van der Waals surface area contributed by atoms with E-state index in [1.165, 1.54) is 18.0 Å². The van der Waals surface area contributed by atoms with Crippen LogP contribution in [0.5, 0.6) is 0 Å². The van der Waals surface area contributed by atoms with Crippen LogP contribution in [-0.4, -0.2) is 45.0 Å². The lowest BCUT2D eigenvalue weighted by Crippen LogP contribution is -2.35. The van der Waals surface area contributed by atoms with Gasteiger partial charge in [-0.05, 0) is 29.8 Å². The number of rotatable bonds is 6. The minimum atomic E-state index is -3.20. The van der Waals surface area contributed by atoms with Gasteiger partial charge in [0.05, 0.1) is 23.0 Å². The first-order valence-electron chi connectivity index (χ1n) is 7.72. The van der Waals surface area contributed by atoms with Gasteiger partial charge in [-0.25, -0.2) is 8.42 Å². The van der Waals surface area contributed by atoms with E-state index >= 15 is 0 Å². The Hall–Kier alpha value is -2.38. The number of anilines is 1. The number of likely N-dealkylation sites (N-methyl/N-ethyl adjacent to an activating group) is 1. The Morgan fingerprint density at radius 3 is 2.46 bits per heavy atom. The number of hydrogen-bond donors (Lipinski definition) is 1. The molecular weight excluding hydrogens is 376 g/mol. The summed E-state index contributed by atoms with van der Waals surface area (Å²) in [5.74, 6) is -0.916. The second-order valence-electron chi connectivity index (χ2n) is 5.96. The Morgan fingerprint density at radius 1 is 1.12 bits per heavy atom. The van der Waals surface area contributed by atoms with Crippen molar-refractivity contribution in [2.45, 2.75) is 5.75 Å². The van der Waals surface area contributed by atoms with Crippen molar-refractivity contribution in [1.29, 1.82) is 0 Å². The molecule has 8 heteroatoms. The maximum Gasteiger partial charge on any atom is 0.254 e. The lowest BCUT2D eigenvalue weighted by molar-refractivity contribution is -0.116. The van der Waals surface area contributed by atoms with Crippen molar-refractivity contribution in [3.8, 4) is 0 Å². The molecular formula is C18H19ClN2O4S. The van der Waals surface area contributed by atoms with Gasteiger partial charge in [-0.2, -0.15) is 0 Å². The van der Waals surface area contributed by atoms with Gasteiger partial charge in [0, 0.05) is 18.9 Å². The monoisotopic (exact) mass is 394 g/mol. The Bertz CT molecular complexity index is 928. The van der Waals surface area contributed by atoms with Gasteiger partial charge in [-0.15, -0.1) is 0 Å². The molecule has 0 saturated carbocycles. The van der Waals surface area contributed by atoms with E-state index in [1.807, 2.05) is 0 Å². The van der Waals surface area contributed by atoms with Crippen molar-refractivity contribution in [3.05, 3.63) is 64.7 Å². The molecule has 0 atom stereocenters. The molecule has 0 aliphatic carbocycles. The van der Waals surface area contributed by atoms with E-state index in [4.69, 9.17) is 11.6 Å². The lowest BCUT2D eigenvalue weighted by atomic mass is 10.1. The molecule has 0 saturated heterocycles. The van der Waals surface area contributed by atoms with Crippen LogP contribution in [0.4, 0.5) is 5.69 Å². The largest absolute Gasteiger partial charge is 0.332 e. The summed E-state index contributed by atoms with van der Waals surface area (Å²) in [6, 6.07) is 13.2. The molecule has 0 bridgehead atoms. The summed E-state index contributed by atoms with van der Waals surface area (Å²) < 4.78 is 22.8. The molecule has 0 unspecified atom stereocenters. The number of carbonyl (C=O) groups is 2. The van der Waals surface area contributed by atoms with Crippen LogP contribution < -0.4 is 5.32 Å². The summed E-state index contributed by atoms with van der Waals surface area (Å²) in [5, 5.41) is 3.05. The Morgan fingerprint density at radius 2 is 1.81 bits per heavy atom. The van der Waals surface area contributed by atoms with Crippen molar-refractivity contribution in [2.24, 2.45) is 0 Å². The standard InChI is InChI=1S/C18H19ClN2O4S/c1-21(11-17(22)20-16-9-4-3-8-15(16)19)18(23)14-7-5-6-13(10-14)12-26(2,24)25/h3-10H,11-12H2,1-2H3,(H,20,22). The second kappa shape index (κ2) is 8.33. The van der Waals surface area contributed by atoms with E-state index in [2.05, 4.69) is 5.32 Å². The van der Waals surface area contributed by atoms with Crippen molar-refractivity contribution in [1.82, 2.24) is 4.90 Å². The zero-order valence-corrected chi connectivity index (χ0v) is 16.0. The van der Waals surface area contributed by atoms with E-state index in [0.29, 0.717) is 21.8 Å². The van der Waals surface area contributed by atoms with Crippen LogP contribution in [0.25, 0.3) is 0 Å². The van der Waals surface area contributed by atoms with Crippen LogP contribution >= 0.6 is 11.6 Å². The van der Waals surface area contributed by atoms with E-state index in [1.54, 1.807) is 42.5 Å². The van der Waals surface area contributed by atoms with Gasteiger partial charge in [0.15, 0.2) is 9.84 Å². The van der Waals surface area contributed by atoms with Gasteiger partial charge in [0.2, 0.25) is 5.91 Å². The van der Waals surface area contributed by atoms with Crippen molar-refractivity contribution in [2.75, 3.05) is 25.2 Å². The first-order valence-corrected chi connectivity index (χ1v) is 10.2. The van der Waals surface area contributed by atoms with E-state index < -0.39 is 9.84 Å². The zero-order valence-electron chi connectivity index (χ0n) is 14.4. The molecule has 6 nitrogen and oxygen atoms in total. The molecule has 2 rings (SSSR count). The van der Waals surface area contributed by atoms with Crippen molar-refractivity contribution < 1.29 is 18.0 Å². The van der Waals surface area contributed by atoms with Gasteiger partial charge in [-0.3, -0.25) is 9.59 Å². The summed E-state index contributed by atoms with van der Waals surface area (Å²) in [6.45, 7) is -0.166. The molecule has 0 aliphatic rings. The summed E-state index contributed by atoms with van der Waals surface area (Å²) in [7, 11) is -1.70. The summed E-state index contributed by atoms with van der Waals surface area (Å²) in [5.41, 5.74) is 1.31. The van der Waals surface area contributed by atoms with Crippen LogP contribution in [0, 0.1) is 0 Å². The quantitative estimate of drug-likeness (QED) is 0.816. The molecule has 0 radical (unpaired) electrons. The number of nitrogens with zero attached hydrogens (tertiary/aromatic N) is 1. The number of sulfone groups is 1. The number of para-hydroxylation sites is 1. The van der Waals surface area contributed by atoms with Crippen LogP contribution in [0.1, 0.15) is 15.9 Å². The molecule has 2 aromatic carbocycles. The molecule has 138 valence electrons. The summed E-state index contributed by atoms with van der Waals surface area (Å²) in [6.07, 6.45) is 1.13. The highest BCUT2D eigenvalue weighted by molar-refractivity contribution is 7.89. The molecule has 0 aliphatic heterocycles. The SMILES string of the molecule is CN(CC(=O)Nc1ccccc1Cl)C(=O)c1cccc(CS(C)(=O)=O)c1. The van der Waals surface area contributed by atoms with Crippen LogP contribution in [-0.2, 0) is 20.4 Å². The maximum atomic E-state index is 12.5. The number of hydrogen-bond acceptors (Lipinski definition) is 4. The van der Waals surface area contributed by atoms with E-state index in [9.17, 15) is 18.0 Å². The highest BCUT2D eigenvalue weighted by atomic mass is 35.5. The third-order valence-corrected chi connectivity index (χ3v) is 4.67. The Labute approximate surface area is 157 Å². The predicted molar refractivity (Wildman–Crippen MR) is 102 cm³/mol. The van der Waals surface area contributed by atoms with Gasteiger partial charge in [0.1, 0.15) is 0 Å².